The third-order valence-electron chi connectivity index (χ3n) is 3.90. The number of carbonyl (C=O) groups is 3. The summed E-state index contributed by atoms with van der Waals surface area (Å²) in [6, 6.07) is 15.6. The Labute approximate surface area is 150 Å². The molecule has 0 radical (unpaired) electrons. The first-order valence-corrected chi connectivity index (χ1v) is 8.25. The molecule has 0 aliphatic heterocycles. The number of ketones is 1. The van der Waals surface area contributed by atoms with Gasteiger partial charge in [0.2, 0.25) is 5.91 Å². The Bertz CT molecular complexity index is 924. The molecule has 0 atom stereocenters. The zero-order valence-corrected chi connectivity index (χ0v) is 14.2. The van der Waals surface area contributed by atoms with Gasteiger partial charge < -0.3 is 15.0 Å². The van der Waals surface area contributed by atoms with Gasteiger partial charge in [0.05, 0.1) is 0 Å². The molecule has 26 heavy (non-hydrogen) atoms. The number of benzene rings is 2. The van der Waals surface area contributed by atoms with Gasteiger partial charge in [-0.05, 0) is 36.4 Å². The summed E-state index contributed by atoms with van der Waals surface area (Å²) in [5, 5.41) is 3.60. The molecule has 0 spiro atoms. The van der Waals surface area contributed by atoms with Gasteiger partial charge in [0.15, 0.2) is 12.4 Å². The van der Waals surface area contributed by atoms with E-state index in [-0.39, 0.29) is 18.3 Å². The number of carbonyl (C=O) groups excluding carboxylic acids is 3. The third kappa shape index (κ3) is 3.97. The number of Topliss-reactive ketones (excluding diaryl/α,β-unsaturated/α-hetero) is 1. The molecule has 3 aromatic rings. The van der Waals surface area contributed by atoms with Gasteiger partial charge in [0.25, 0.3) is 0 Å². The van der Waals surface area contributed by atoms with Crippen LogP contribution < -0.4 is 5.32 Å². The number of H-pyrrole nitrogens is 1. The van der Waals surface area contributed by atoms with Crippen LogP contribution in [0.15, 0.2) is 54.6 Å². The Morgan fingerprint density at radius 3 is 2.46 bits per heavy atom. The van der Waals surface area contributed by atoms with E-state index in [2.05, 4.69) is 10.3 Å². The maximum Gasteiger partial charge on any atom is 0.355 e. The number of para-hydroxylation sites is 1. The number of aromatic nitrogens is 1. The van der Waals surface area contributed by atoms with Gasteiger partial charge in [-0.2, -0.15) is 0 Å². The Morgan fingerprint density at radius 1 is 1.04 bits per heavy atom. The summed E-state index contributed by atoms with van der Waals surface area (Å²) in [6.45, 7) is 1.41. The van der Waals surface area contributed by atoms with E-state index in [1.165, 1.54) is 0 Å². The summed E-state index contributed by atoms with van der Waals surface area (Å²) in [5.74, 6) is -0.999. The number of aromatic amines is 1. The lowest BCUT2D eigenvalue weighted by Crippen LogP contribution is -2.15. The van der Waals surface area contributed by atoms with Gasteiger partial charge >= 0.3 is 5.97 Å². The predicted molar refractivity (Wildman–Crippen MR) is 98.3 cm³/mol. The number of hydrogen-bond donors (Lipinski definition) is 2. The molecule has 0 saturated carbocycles. The van der Waals surface area contributed by atoms with Crippen LogP contribution in [-0.4, -0.2) is 29.3 Å². The molecule has 0 aliphatic rings. The van der Waals surface area contributed by atoms with Crippen molar-refractivity contribution < 1.29 is 19.1 Å². The van der Waals surface area contributed by atoms with Crippen LogP contribution in [0, 0.1) is 0 Å². The van der Waals surface area contributed by atoms with Crippen LogP contribution in [0.3, 0.4) is 0 Å². The minimum atomic E-state index is -0.582. The molecule has 1 amide bonds. The van der Waals surface area contributed by atoms with Crippen LogP contribution in [0.2, 0.25) is 0 Å². The maximum absolute atomic E-state index is 12.2. The zero-order chi connectivity index (χ0) is 18.5. The van der Waals surface area contributed by atoms with Crippen LogP contribution in [0.4, 0.5) is 5.69 Å². The molecule has 0 fully saturated rings. The molecule has 0 bridgehead atoms. The number of fused-ring (bicyclic) bond motifs is 1. The van der Waals surface area contributed by atoms with E-state index in [9.17, 15) is 14.4 Å². The fourth-order valence-corrected chi connectivity index (χ4v) is 2.46. The van der Waals surface area contributed by atoms with Gasteiger partial charge in [-0.25, -0.2) is 4.79 Å². The highest BCUT2D eigenvalue weighted by atomic mass is 16.5. The van der Waals surface area contributed by atoms with Crippen molar-refractivity contribution in [3.8, 4) is 0 Å². The number of ether oxygens (including phenoxy) is 1. The van der Waals surface area contributed by atoms with Crippen molar-refractivity contribution in [1.29, 1.82) is 0 Å². The Balaban J connectivity index is 1.59. The first-order chi connectivity index (χ1) is 12.6. The van der Waals surface area contributed by atoms with Gasteiger partial charge in [-0.3, -0.25) is 9.59 Å². The summed E-state index contributed by atoms with van der Waals surface area (Å²) < 4.78 is 5.10. The second kappa shape index (κ2) is 7.65. The number of hydrogen-bond acceptors (Lipinski definition) is 4. The second-order valence-electron chi connectivity index (χ2n) is 5.75. The first-order valence-electron chi connectivity index (χ1n) is 8.25. The van der Waals surface area contributed by atoms with Crippen LogP contribution in [-0.2, 0) is 9.53 Å². The highest BCUT2D eigenvalue weighted by Crippen LogP contribution is 2.16. The molecule has 6 heteroatoms. The lowest BCUT2D eigenvalue weighted by atomic mass is 10.1. The molecule has 132 valence electrons. The zero-order valence-electron chi connectivity index (χ0n) is 14.2. The summed E-state index contributed by atoms with van der Waals surface area (Å²) in [6.07, 6.45) is 0.379. The number of nitrogens with one attached hydrogen (secondary N) is 2. The summed E-state index contributed by atoms with van der Waals surface area (Å²) in [7, 11) is 0. The predicted octanol–water partition coefficient (Wildman–Crippen LogP) is 3.56. The monoisotopic (exact) mass is 350 g/mol. The number of anilines is 1. The van der Waals surface area contributed by atoms with Crippen molar-refractivity contribution in [1.82, 2.24) is 4.98 Å². The number of rotatable bonds is 6. The Morgan fingerprint density at radius 2 is 1.77 bits per heavy atom. The van der Waals surface area contributed by atoms with E-state index in [1.807, 2.05) is 24.3 Å². The van der Waals surface area contributed by atoms with Crippen LogP contribution in [0.25, 0.3) is 10.9 Å². The molecule has 6 nitrogen and oxygen atoms in total. The average molecular weight is 350 g/mol. The van der Waals surface area contributed by atoms with E-state index in [1.54, 1.807) is 37.3 Å². The van der Waals surface area contributed by atoms with Crippen molar-refractivity contribution in [2.45, 2.75) is 13.3 Å². The third-order valence-corrected chi connectivity index (χ3v) is 3.90. The largest absolute Gasteiger partial charge is 0.453 e. The molecule has 2 N–H and O–H groups in total. The van der Waals surface area contributed by atoms with Crippen molar-refractivity contribution in [2.24, 2.45) is 0 Å². The minimum Gasteiger partial charge on any atom is -0.453 e. The average Bonchev–Trinajstić information content (AvgIpc) is 3.10. The van der Waals surface area contributed by atoms with E-state index in [0.717, 1.165) is 10.9 Å². The Kier molecular flexibility index (Phi) is 5.12. The lowest BCUT2D eigenvalue weighted by Gasteiger charge is -2.06. The lowest BCUT2D eigenvalue weighted by molar-refractivity contribution is -0.115. The van der Waals surface area contributed by atoms with Crippen molar-refractivity contribution in [2.75, 3.05) is 11.9 Å². The van der Waals surface area contributed by atoms with E-state index < -0.39 is 5.97 Å². The normalized spacial score (nSPS) is 10.5. The van der Waals surface area contributed by atoms with Crippen LogP contribution in [0.1, 0.15) is 34.2 Å². The highest BCUT2D eigenvalue weighted by molar-refractivity contribution is 6.00. The number of amides is 1. The molecular formula is C20H18N2O4. The Hall–Kier alpha value is -3.41. The van der Waals surface area contributed by atoms with Crippen LogP contribution >= 0.6 is 0 Å². The number of esters is 1. The molecular weight excluding hydrogens is 332 g/mol. The molecule has 0 unspecified atom stereocenters. The highest BCUT2D eigenvalue weighted by Gasteiger charge is 2.14. The van der Waals surface area contributed by atoms with Crippen LogP contribution in [0.5, 0.6) is 0 Å². The molecule has 2 aromatic carbocycles. The molecule has 1 heterocycles. The fourth-order valence-electron chi connectivity index (χ4n) is 2.46. The topological polar surface area (TPSA) is 88.3 Å². The van der Waals surface area contributed by atoms with Gasteiger partial charge in [-0.1, -0.05) is 25.1 Å². The molecule has 1 aromatic heterocycles. The van der Waals surface area contributed by atoms with Gasteiger partial charge in [0, 0.05) is 28.6 Å². The van der Waals surface area contributed by atoms with Crippen molar-refractivity contribution in [3.05, 3.63) is 65.9 Å². The van der Waals surface area contributed by atoms with E-state index in [4.69, 9.17) is 4.74 Å². The summed E-state index contributed by atoms with van der Waals surface area (Å²) in [5.41, 5.74) is 2.15. The quantitative estimate of drug-likeness (QED) is 0.525. The molecule has 3 rings (SSSR count). The first kappa shape index (κ1) is 17.4. The van der Waals surface area contributed by atoms with E-state index in [0.29, 0.717) is 23.4 Å². The van der Waals surface area contributed by atoms with Crippen molar-refractivity contribution >= 4 is 34.3 Å². The maximum atomic E-state index is 12.2. The summed E-state index contributed by atoms with van der Waals surface area (Å²) in [4.78, 5) is 38.6. The van der Waals surface area contributed by atoms with Gasteiger partial charge in [0.1, 0.15) is 5.69 Å². The molecule has 0 aliphatic carbocycles. The second-order valence-corrected chi connectivity index (χ2v) is 5.75. The minimum absolute atomic E-state index is 0.101. The van der Waals surface area contributed by atoms with Gasteiger partial charge in [-0.15, -0.1) is 0 Å². The standard InChI is InChI=1S/C20H18N2O4/c1-2-19(24)21-15-9-7-13(8-10-15)18(23)12-26-20(25)17-11-14-5-3-4-6-16(14)22-17/h3-11,22H,2,12H2,1H3,(H,21,24). The van der Waals surface area contributed by atoms with Crippen molar-refractivity contribution in [3.63, 3.8) is 0 Å². The smallest absolute Gasteiger partial charge is 0.355 e. The molecule has 0 saturated heterocycles. The van der Waals surface area contributed by atoms with E-state index >= 15 is 0 Å². The fraction of sp³-hybridized carbons (Fsp3) is 0.150. The SMILES string of the molecule is CCC(=O)Nc1ccc(C(=O)COC(=O)c2cc3ccccc3[nH]2)cc1. The summed E-state index contributed by atoms with van der Waals surface area (Å²) >= 11 is 0.